The number of anilines is 1. The van der Waals surface area contributed by atoms with E-state index in [1.54, 1.807) is 0 Å². The zero-order valence-electron chi connectivity index (χ0n) is 16.4. The van der Waals surface area contributed by atoms with Gasteiger partial charge in [0.1, 0.15) is 30.2 Å². The maximum atomic E-state index is 12.8. The van der Waals surface area contributed by atoms with Gasteiger partial charge in [0.05, 0.1) is 24.5 Å². The first-order chi connectivity index (χ1) is 14.4. The number of aliphatic hydroxyl groups is 3. The molecule has 1 aliphatic carbocycles. The third-order valence-corrected chi connectivity index (χ3v) is 5.93. The highest BCUT2D eigenvalue weighted by Gasteiger charge is 2.47. The number of imidazole rings is 1. The average molecular weight is 421 g/mol. The normalized spacial score (nSPS) is 31.4. The van der Waals surface area contributed by atoms with E-state index in [-0.39, 0.29) is 0 Å². The molecule has 3 heterocycles. The number of carbonyl (C=O) groups excluding carboxylic acids is 1. The van der Waals surface area contributed by atoms with E-state index in [1.165, 1.54) is 12.7 Å². The lowest BCUT2D eigenvalue weighted by Gasteiger charge is -2.44. The van der Waals surface area contributed by atoms with Crippen LogP contribution in [0.2, 0.25) is 0 Å². The van der Waals surface area contributed by atoms with Crippen molar-refractivity contribution in [3.63, 3.8) is 0 Å². The number of hydrogen-bond donors (Lipinski definition) is 7. The molecule has 12 nitrogen and oxygen atoms in total. The number of amides is 1. The standard InChI is InChI=1S/C18H27N7O5/c19-18(4-2-1-3-5-18)17(29)24-10-9(6-26)30-16(13(28)12(10)27)25-15-11-14(21-7-20-11)22-8-23-15/h7-10,12-13,16,26-28H,1-6,19H2,(H,24,29)(H2,20,21,22,23,25)/t9-,10-,12+,13-,16-/m0/s1. The van der Waals surface area contributed by atoms with Gasteiger partial charge in [-0.05, 0) is 12.8 Å². The van der Waals surface area contributed by atoms with Gasteiger partial charge in [-0.25, -0.2) is 15.0 Å². The molecule has 12 heteroatoms. The first-order valence-electron chi connectivity index (χ1n) is 10.1. The van der Waals surface area contributed by atoms with Crippen LogP contribution in [-0.2, 0) is 9.53 Å². The van der Waals surface area contributed by atoms with Crippen LogP contribution in [0, 0.1) is 0 Å². The number of aliphatic hydroxyl groups excluding tert-OH is 3. The van der Waals surface area contributed by atoms with Crippen molar-refractivity contribution in [1.29, 1.82) is 0 Å². The molecule has 8 N–H and O–H groups in total. The summed E-state index contributed by atoms with van der Waals surface area (Å²) in [7, 11) is 0. The smallest absolute Gasteiger partial charge is 0.240 e. The summed E-state index contributed by atoms with van der Waals surface area (Å²) < 4.78 is 5.76. The van der Waals surface area contributed by atoms with Crippen LogP contribution in [-0.4, -0.2) is 83.9 Å². The zero-order chi connectivity index (χ0) is 21.3. The molecule has 164 valence electrons. The lowest BCUT2D eigenvalue weighted by molar-refractivity contribution is -0.186. The highest BCUT2D eigenvalue weighted by molar-refractivity contribution is 5.86. The molecule has 1 aliphatic heterocycles. The Balaban J connectivity index is 1.48. The summed E-state index contributed by atoms with van der Waals surface area (Å²) in [6.07, 6.45) is 1.72. The highest BCUT2D eigenvalue weighted by Crippen LogP contribution is 2.28. The summed E-state index contributed by atoms with van der Waals surface area (Å²) in [5.41, 5.74) is 6.16. The molecule has 0 aromatic carbocycles. The van der Waals surface area contributed by atoms with Gasteiger partial charge in [-0.1, -0.05) is 19.3 Å². The van der Waals surface area contributed by atoms with Crippen molar-refractivity contribution in [3.05, 3.63) is 12.7 Å². The summed E-state index contributed by atoms with van der Waals surface area (Å²) in [5, 5.41) is 36.7. The van der Waals surface area contributed by atoms with Gasteiger partial charge in [-0.2, -0.15) is 0 Å². The molecule has 0 radical (unpaired) electrons. The fourth-order valence-electron chi connectivity index (χ4n) is 4.13. The van der Waals surface area contributed by atoms with Crippen molar-refractivity contribution in [2.45, 2.75) is 68.2 Å². The van der Waals surface area contributed by atoms with Crippen LogP contribution >= 0.6 is 0 Å². The number of nitrogens with one attached hydrogen (secondary N) is 3. The highest BCUT2D eigenvalue weighted by atomic mass is 16.5. The molecule has 30 heavy (non-hydrogen) atoms. The molecule has 2 aliphatic rings. The number of ether oxygens (including phenoxy) is 1. The van der Waals surface area contributed by atoms with Gasteiger partial charge < -0.3 is 41.4 Å². The second-order valence-electron chi connectivity index (χ2n) is 7.94. The second kappa shape index (κ2) is 8.40. The first kappa shape index (κ1) is 20.9. The molecular weight excluding hydrogens is 394 g/mol. The number of rotatable bonds is 5. The van der Waals surface area contributed by atoms with Crippen LogP contribution in [0.15, 0.2) is 12.7 Å². The molecule has 0 unspecified atom stereocenters. The topological polar surface area (TPSA) is 192 Å². The van der Waals surface area contributed by atoms with E-state index >= 15 is 0 Å². The monoisotopic (exact) mass is 421 g/mol. The minimum Gasteiger partial charge on any atom is -0.394 e. The SMILES string of the molecule is NC1(C(=O)N[C@@H]2[C@@H](O)[C@H](O)[C@@H](Nc3ncnc4nc[nH]c34)O[C@H]2CO)CCCCC1. The van der Waals surface area contributed by atoms with E-state index in [1.807, 2.05) is 0 Å². The lowest BCUT2D eigenvalue weighted by atomic mass is 9.81. The number of nitrogens with zero attached hydrogens (tertiary/aromatic N) is 3. The Kier molecular flexibility index (Phi) is 5.84. The molecule has 0 spiro atoms. The van der Waals surface area contributed by atoms with Gasteiger partial charge in [0.2, 0.25) is 5.91 Å². The summed E-state index contributed by atoms with van der Waals surface area (Å²) in [4.78, 5) is 27.8. The summed E-state index contributed by atoms with van der Waals surface area (Å²) in [6, 6.07) is -1.02. The second-order valence-corrected chi connectivity index (χ2v) is 7.94. The number of fused-ring (bicyclic) bond motifs is 1. The minimum atomic E-state index is -1.41. The molecule has 1 amide bonds. The van der Waals surface area contributed by atoms with Crippen LogP contribution in [0.1, 0.15) is 32.1 Å². The van der Waals surface area contributed by atoms with Gasteiger partial charge in [0.25, 0.3) is 0 Å². The number of aromatic nitrogens is 4. The third kappa shape index (κ3) is 3.84. The maximum absolute atomic E-state index is 12.8. The fraction of sp³-hybridized carbons (Fsp3) is 0.667. The molecule has 2 aromatic heterocycles. The predicted molar refractivity (Wildman–Crippen MR) is 105 cm³/mol. The van der Waals surface area contributed by atoms with Crippen molar-refractivity contribution in [2.24, 2.45) is 5.73 Å². The summed E-state index contributed by atoms with van der Waals surface area (Å²) in [6.45, 7) is -0.478. The van der Waals surface area contributed by atoms with Crippen molar-refractivity contribution in [1.82, 2.24) is 25.3 Å². The van der Waals surface area contributed by atoms with Crippen LogP contribution in [0.3, 0.4) is 0 Å². The number of aromatic amines is 1. The fourth-order valence-corrected chi connectivity index (χ4v) is 4.13. The maximum Gasteiger partial charge on any atom is 0.240 e. The molecule has 0 bridgehead atoms. The molecule has 1 saturated heterocycles. The quantitative estimate of drug-likeness (QED) is 0.294. The van der Waals surface area contributed by atoms with Crippen LogP contribution in [0.5, 0.6) is 0 Å². The van der Waals surface area contributed by atoms with Crippen LogP contribution < -0.4 is 16.4 Å². The van der Waals surface area contributed by atoms with Crippen molar-refractivity contribution >= 4 is 22.9 Å². The Labute approximate surface area is 172 Å². The van der Waals surface area contributed by atoms with Gasteiger partial charge >= 0.3 is 0 Å². The van der Waals surface area contributed by atoms with Gasteiger partial charge in [0, 0.05) is 0 Å². The Morgan fingerprint density at radius 3 is 2.73 bits per heavy atom. The van der Waals surface area contributed by atoms with Crippen molar-refractivity contribution < 1.29 is 24.9 Å². The van der Waals surface area contributed by atoms with Gasteiger partial charge in [-0.15, -0.1) is 0 Å². The third-order valence-electron chi connectivity index (χ3n) is 5.93. The molecule has 4 rings (SSSR count). The lowest BCUT2D eigenvalue weighted by Crippen LogP contribution is -2.68. The number of H-pyrrole nitrogens is 1. The Bertz CT molecular complexity index is 885. The minimum absolute atomic E-state index is 0.316. The largest absolute Gasteiger partial charge is 0.394 e. The van der Waals surface area contributed by atoms with E-state index < -0.39 is 48.6 Å². The van der Waals surface area contributed by atoms with E-state index in [4.69, 9.17) is 10.5 Å². The van der Waals surface area contributed by atoms with E-state index in [0.29, 0.717) is 29.8 Å². The summed E-state index contributed by atoms with van der Waals surface area (Å²) in [5.74, 6) is -0.0991. The average Bonchev–Trinajstić information content (AvgIpc) is 3.23. The number of carbonyl (C=O) groups is 1. The van der Waals surface area contributed by atoms with Gasteiger partial charge in [-0.3, -0.25) is 4.79 Å². The summed E-state index contributed by atoms with van der Waals surface area (Å²) >= 11 is 0. The molecule has 2 fully saturated rings. The number of hydrogen-bond acceptors (Lipinski definition) is 10. The Hall–Kier alpha value is -2.38. The molecule has 1 saturated carbocycles. The number of nitrogens with two attached hydrogens (primary N) is 1. The zero-order valence-corrected chi connectivity index (χ0v) is 16.4. The van der Waals surface area contributed by atoms with E-state index in [0.717, 1.165) is 19.3 Å². The Morgan fingerprint density at radius 2 is 2.00 bits per heavy atom. The van der Waals surface area contributed by atoms with Crippen LogP contribution in [0.4, 0.5) is 5.82 Å². The van der Waals surface area contributed by atoms with Crippen LogP contribution in [0.25, 0.3) is 11.2 Å². The van der Waals surface area contributed by atoms with E-state index in [9.17, 15) is 20.1 Å². The predicted octanol–water partition coefficient (Wildman–Crippen LogP) is -1.65. The molecular formula is C18H27N7O5. The first-order valence-corrected chi connectivity index (χ1v) is 10.1. The van der Waals surface area contributed by atoms with Crippen molar-refractivity contribution in [2.75, 3.05) is 11.9 Å². The Morgan fingerprint density at radius 1 is 1.23 bits per heavy atom. The molecule has 2 aromatic rings. The molecule has 5 atom stereocenters. The van der Waals surface area contributed by atoms with Crippen molar-refractivity contribution in [3.8, 4) is 0 Å². The van der Waals surface area contributed by atoms with Gasteiger partial charge in [0.15, 0.2) is 17.7 Å². The van der Waals surface area contributed by atoms with E-state index in [2.05, 4.69) is 30.6 Å².